The molecule has 2 aromatic carbocycles. The molecule has 7 heteroatoms. The van der Waals surface area contributed by atoms with E-state index < -0.39 is 17.5 Å². The largest absolute Gasteiger partial charge is 0.370 e. The van der Waals surface area contributed by atoms with Crippen molar-refractivity contribution in [1.29, 1.82) is 0 Å². The molecule has 29 heavy (non-hydrogen) atoms. The zero-order valence-corrected chi connectivity index (χ0v) is 16.0. The number of hydrogen-bond donors (Lipinski definition) is 1. The molecule has 0 radical (unpaired) electrons. The molecule has 2 aliphatic rings. The summed E-state index contributed by atoms with van der Waals surface area (Å²) in [6.07, 6.45) is 1.07. The number of likely N-dealkylation sites (tertiary alicyclic amines) is 1. The highest BCUT2D eigenvalue weighted by atomic mass is 19.1. The van der Waals surface area contributed by atoms with Crippen LogP contribution in [0.3, 0.4) is 0 Å². The predicted molar refractivity (Wildman–Crippen MR) is 106 cm³/mol. The second-order valence-corrected chi connectivity index (χ2v) is 7.90. The standard InChI is InChI=1S/C22H23F2N3O2/c23-18-5-4-15(20(24)8-18)9-26-10-16-12-27(13-17(16)11-26)21-14(6-7-28)2-1-3-19(21)22(25)29/h1-5,7-8,16-17H,6,9-13H2,(H2,25,29). The van der Waals surface area contributed by atoms with Crippen LogP contribution in [0.5, 0.6) is 0 Å². The average Bonchev–Trinajstić information content (AvgIpc) is 3.22. The fourth-order valence-electron chi connectivity index (χ4n) is 4.71. The van der Waals surface area contributed by atoms with Gasteiger partial charge in [0.25, 0.3) is 5.91 Å². The monoisotopic (exact) mass is 399 g/mol. The summed E-state index contributed by atoms with van der Waals surface area (Å²) in [6.45, 7) is 3.57. The van der Waals surface area contributed by atoms with Gasteiger partial charge in [0, 0.05) is 50.8 Å². The minimum atomic E-state index is -0.570. The van der Waals surface area contributed by atoms with Gasteiger partial charge in [0.15, 0.2) is 0 Å². The second-order valence-electron chi connectivity index (χ2n) is 7.90. The van der Waals surface area contributed by atoms with Crippen LogP contribution < -0.4 is 10.6 Å². The van der Waals surface area contributed by atoms with Gasteiger partial charge in [0.2, 0.25) is 0 Å². The number of fused-ring (bicyclic) bond motifs is 1. The molecule has 152 valence electrons. The maximum absolute atomic E-state index is 14.0. The number of primary amides is 1. The SMILES string of the molecule is NC(=O)c1cccc(CC=O)c1N1CC2CN(Cc3ccc(F)cc3F)CC2C1. The van der Waals surface area contributed by atoms with E-state index in [2.05, 4.69) is 9.80 Å². The molecule has 0 saturated carbocycles. The van der Waals surface area contributed by atoms with E-state index in [1.54, 1.807) is 12.1 Å². The van der Waals surface area contributed by atoms with E-state index in [1.165, 1.54) is 12.1 Å². The number of hydrogen-bond acceptors (Lipinski definition) is 4. The molecule has 0 aliphatic carbocycles. The Morgan fingerprint density at radius 1 is 1.07 bits per heavy atom. The first kappa shape index (κ1) is 19.5. The number of carbonyl (C=O) groups is 2. The number of anilines is 1. The van der Waals surface area contributed by atoms with E-state index >= 15 is 0 Å². The topological polar surface area (TPSA) is 66.6 Å². The molecular weight excluding hydrogens is 376 g/mol. The third kappa shape index (κ3) is 3.87. The van der Waals surface area contributed by atoms with Crippen molar-refractivity contribution >= 4 is 17.9 Å². The van der Waals surface area contributed by atoms with Crippen molar-refractivity contribution in [3.8, 4) is 0 Å². The van der Waals surface area contributed by atoms with Crippen LogP contribution in [0.4, 0.5) is 14.5 Å². The van der Waals surface area contributed by atoms with Gasteiger partial charge in [-0.05, 0) is 29.5 Å². The quantitative estimate of drug-likeness (QED) is 0.758. The van der Waals surface area contributed by atoms with Crippen LogP contribution in [-0.2, 0) is 17.8 Å². The van der Waals surface area contributed by atoms with Crippen molar-refractivity contribution in [3.05, 3.63) is 64.7 Å². The third-order valence-corrected chi connectivity index (χ3v) is 5.98. The summed E-state index contributed by atoms with van der Waals surface area (Å²) in [5.41, 5.74) is 8.08. The van der Waals surface area contributed by atoms with Crippen molar-refractivity contribution in [2.75, 3.05) is 31.1 Å². The molecule has 1 amide bonds. The molecule has 2 unspecified atom stereocenters. The van der Waals surface area contributed by atoms with Gasteiger partial charge in [-0.1, -0.05) is 18.2 Å². The lowest BCUT2D eigenvalue weighted by Gasteiger charge is -2.26. The molecule has 0 aromatic heterocycles. The van der Waals surface area contributed by atoms with Crippen molar-refractivity contribution < 1.29 is 18.4 Å². The molecule has 4 rings (SSSR count). The molecule has 5 nitrogen and oxygen atoms in total. The van der Waals surface area contributed by atoms with Crippen LogP contribution >= 0.6 is 0 Å². The summed E-state index contributed by atoms with van der Waals surface area (Å²) in [6, 6.07) is 9.01. The highest BCUT2D eigenvalue weighted by Gasteiger charge is 2.41. The first-order valence-electron chi connectivity index (χ1n) is 9.72. The number of aldehydes is 1. The zero-order chi connectivity index (χ0) is 20.5. The number of para-hydroxylation sites is 1. The Hall–Kier alpha value is -2.80. The fourth-order valence-corrected chi connectivity index (χ4v) is 4.71. The van der Waals surface area contributed by atoms with Crippen LogP contribution in [0.25, 0.3) is 0 Å². The Labute approximate surface area is 168 Å². The molecular formula is C22H23F2N3O2. The lowest BCUT2D eigenvalue weighted by molar-refractivity contribution is -0.107. The van der Waals surface area contributed by atoms with Crippen molar-refractivity contribution in [2.45, 2.75) is 13.0 Å². The minimum absolute atomic E-state index is 0.234. The molecule has 2 fully saturated rings. The minimum Gasteiger partial charge on any atom is -0.370 e. The summed E-state index contributed by atoms with van der Waals surface area (Å²) in [7, 11) is 0. The summed E-state index contributed by atoms with van der Waals surface area (Å²) in [5.74, 6) is -0.831. The smallest absolute Gasteiger partial charge is 0.250 e. The Bertz CT molecular complexity index is 936. The number of nitrogens with zero attached hydrogens (tertiary/aromatic N) is 2. The Balaban J connectivity index is 1.48. The normalized spacial score (nSPS) is 21.4. The van der Waals surface area contributed by atoms with Gasteiger partial charge in [0.1, 0.15) is 17.9 Å². The van der Waals surface area contributed by atoms with Gasteiger partial charge in [-0.2, -0.15) is 0 Å². The molecule has 0 bridgehead atoms. The predicted octanol–water partition coefficient (Wildman–Crippen LogP) is 2.37. The Morgan fingerprint density at radius 2 is 1.79 bits per heavy atom. The number of amides is 1. The first-order chi connectivity index (χ1) is 14.0. The Morgan fingerprint density at radius 3 is 2.41 bits per heavy atom. The number of nitrogens with two attached hydrogens (primary N) is 1. The lowest BCUT2D eigenvalue weighted by Crippen LogP contribution is -2.31. The van der Waals surface area contributed by atoms with Crippen LogP contribution in [0.1, 0.15) is 21.5 Å². The van der Waals surface area contributed by atoms with E-state index in [1.807, 2.05) is 6.07 Å². The summed E-state index contributed by atoms with van der Waals surface area (Å²) >= 11 is 0. The average molecular weight is 399 g/mol. The number of rotatable bonds is 6. The second kappa shape index (κ2) is 7.91. The van der Waals surface area contributed by atoms with E-state index in [0.29, 0.717) is 29.5 Å². The van der Waals surface area contributed by atoms with Gasteiger partial charge >= 0.3 is 0 Å². The maximum Gasteiger partial charge on any atom is 0.250 e. The van der Waals surface area contributed by atoms with E-state index in [-0.39, 0.29) is 6.42 Å². The maximum atomic E-state index is 14.0. The van der Waals surface area contributed by atoms with E-state index in [9.17, 15) is 18.4 Å². The molecule has 2 saturated heterocycles. The first-order valence-corrected chi connectivity index (χ1v) is 9.72. The summed E-state index contributed by atoms with van der Waals surface area (Å²) in [5, 5.41) is 0. The van der Waals surface area contributed by atoms with Gasteiger partial charge in [-0.25, -0.2) is 8.78 Å². The van der Waals surface area contributed by atoms with Crippen LogP contribution in [-0.4, -0.2) is 43.3 Å². The molecule has 2 N–H and O–H groups in total. The highest BCUT2D eigenvalue weighted by Crippen LogP contribution is 2.37. The van der Waals surface area contributed by atoms with Gasteiger partial charge in [0.05, 0.1) is 11.3 Å². The van der Waals surface area contributed by atoms with Gasteiger partial charge in [-0.15, -0.1) is 0 Å². The van der Waals surface area contributed by atoms with Crippen LogP contribution in [0, 0.1) is 23.5 Å². The fraction of sp³-hybridized carbons (Fsp3) is 0.364. The number of benzene rings is 2. The summed E-state index contributed by atoms with van der Waals surface area (Å²) in [4.78, 5) is 27.4. The molecule has 2 aliphatic heterocycles. The highest BCUT2D eigenvalue weighted by molar-refractivity contribution is 5.99. The van der Waals surface area contributed by atoms with Gasteiger partial charge < -0.3 is 15.4 Å². The van der Waals surface area contributed by atoms with E-state index in [0.717, 1.165) is 49.8 Å². The molecule has 0 spiro atoms. The van der Waals surface area contributed by atoms with Crippen molar-refractivity contribution in [3.63, 3.8) is 0 Å². The number of halogens is 2. The van der Waals surface area contributed by atoms with E-state index in [4.69, 9.17) is 5.73 Å². The molecule has 2 atom stereocenters. The van der Waals surface area contributed by atoms with Crippen LogP contribution in [0.15, 0.2) is 36.4 Å². The lowest BCUT2D eigenvalue weighted by atomic mass is 10.0. The number of carbonyl (C=O) groups excluding carboxylic acids is 2. The molecule has 2 heterocycles. The van der Waals surface area contributed by atoms with Gasteiger partial charge in [-0.3, -0.25) is 9.69 Å². The van der Waals surface area contributed by atoms with Crippen LogP contribution in [0.2, 0.25) is 0 Å². The van der Waals surface area contributed by atoms with Crippen molar-refractivity contribution in [2.24, 2.45) is 17.6 Å². The third-order valence-electron chi connectivity index (χ3n) is 5.98. The summed E-state index contributed by atoms with van der Waals surface area (Å²) < 4.78 is 27.1. The van der Waals surface area contributed by atoms with Crippen molar-refractivity contribution in [1.82, 2.24) is 4.90 Å². The Kier molecular flexibility index (Phi) is 5.32. The molecule has 2 aromatic rings. The zero-order valence-electron chi connectivity index (χ0n) is 16.0.